The fourth-order valence-electron chi connectivity index (χ4n) is 2.97. The quantitative estimate of drug-likeness (QED) is 0.905. The molecule has 0 saturated heterocycles. The Morgan fingerprint density at radius 1 is 1.68 bits per heavy atom. The zero-order valence-corrected chi connectivity index (χ0v) is 12.0. The Hall–Kier alpha value is -1.36. The van der Waals surface area contributed by atoms with Crippen molar-refractivity contribution >= 4 is 5.91 Å². The highest BCUT2D eigenvalue weighted by atomic mass is 16.5. The van der Waals surface area contributed by atoms with Gasteiger partial charge in [0.25, 0.3) is 0 Å². The molecule has 5 heteroatoms. The average Bonchev–Trinajstić information content (AvgIpc) is 2.73. The third-order valence-electron chi connectivity index (χ3n) is 3.88. The molecule has 2 rings (SSSR count). The second-order valence-corrected chi connectivity index (χ2v) is 5.95. The van der Waals surface area contributed by atoms with Crippen molar-refractivity contribution in [1.82, 2.24) is 10.1 Å². The summed E-state index contributed by atoms with van der Waals surface area (Å²) in [5, 5.41) is 3.91. The summed E-state index contributed by atoms with van der Waals surface area (Å²) in [4.78, 5) is 14.2. The summed E-state index contributed by atoms with van der Waals surface area (Å²) >= 11 is 0. The molecule has 19 heavy (non-hydrogen) atoms. The molecule has 106 valence electrons. The van der Waals surface area contributed by atoms with Gasteiger partial charge in [-0.15, -0.1) is 0 Å². The fraction of sp³-hybridized carbons (Fsp3) is 0.714. The Bertz CT molecular complexity index is 457. The van der Waals surface area contributed by atoms with Gasteiger partial charge in [-0.05, 0) is 25.7 Å². The van der Waals surface area contributed by atoms with Crippen LogP contribution in [-0.2, 0) is 11.3 Å². The van der Waals surface area contributed by atoms with E-state index in [0.717, 1.165) is 30.7 Å². The van der Waals surface area contributed by atoms with Gasteiger partial charge in [0.05, 0.1) is 12.1 Å². The first-order valence-electron chi connectivity index (χ1n) is 6.87. The van der Waals surface area contributed by atoms with Gasteiger partial charge < -0.3 is 15.2 Å². The number of carbonyl (C=O) groups excluding carboxylic acids is 1. The van der Waals surface area contributed by atoms with E-state index in [2.05, 4.69) is 12.1 Å². The average molecular weight is 265 g/mol. The number of rotatable bonds is 3. The van der Waals surface area contributed by atoms with Crippen molar-refractivity contribution in [3.05, 3.63) is 17.5 Å². The van der Waals surface area contributed by atoms with Crippen LogP contribution in [-0.4, -0.2) is 28.6 Å². The summed E-state index contributed by atoms with van der Waals surface area (Å²) in [5.74, 6) is 1.29. The Labute approximate surface area is 114 Å². The minimum absolute atomic E-state index is 0.0136. The highest BCUT2D eigenvalue weighted by molar-refractivity contribution is 5.86. The molecule has 0 aromatic carbocycles. The molecule has 1 aromatic rings. The minimum atomic E-state index is -0.703. The molecular weight excluding hydrogens is 242 g/mol. The van der Waals surface area contributed by atoms with Crippen molar-refractivity contribution < 1.29 is 9.32 Å². The maximum atomic E-state index is 12.5. The smallest absolute Gasteiger partial charge is 0.242 e. The molecule has 1 aromatic heterocycles. The predicted octanol–water partition coefficient (Wildman–Crippen LogP) is 1.85. The van der Waals surface area contributed by atoms with Crippen molar-refractivity contribution in [2.45, 2.75) is 51.6 Å². The van der Waals surface area contributed by atoms with Gasteiger partial charge in [0.15, 0.2) is 0 Å². The first-order chi connectivity index (χ1) is 8.90. The van der Waals surface area contributed by atoms with Gasteiger partial charge in [0.1, 0.15) is 11.5 Å². The van der Waals surface area contributed by atoms with Crippen LogP contribution >= 0.6 is 0 Å². The van der Waals surface area contributed by atoms with Crippen molar-refractivity contribution in [2.24, 2.45) is 11.7 Å². The van der Waals surface area contributed by atoms with E-state index in [1.165, 1.54) is 6.42 Å². The van der Waals surface area contributed by atoms with Crippen LogP contribution in [0.4, 0.5) is 0 Å². The standard InChI is InChI=1S/C14H23N3O2/c1-10-5-4-6-14(15,8-10)13(18)17(3)9-12-7-11(2)19-16-12/h7,10H,4-6,8-9,15H2,1-3H3. The van der Waals surface area contributed by atoms with E-state index in [1.54, 1.807) is 11.9 Å². The van der Waals surface area contributed by atoms with Crippen LogP contribution < -0.4 is 5.73 Å². The maximum Gasteiger partial charge on any atom is 0.242 e. The zero-order valence-electron chi connectivity index (χ0n) is 12.0. The van der Waals surface area contributed by atoms with Gasteiger partial charge in [0.2, 0.25) is 5.91 Å². The number of likely N-dealkylation sites (N-methyl/N-ethyl adjacent to an activating group) is 1. The van der Waals surface area contributed by atoms with Gasteiger partial charge in [0, 0.05) is 13.1 Å². The third-order valence-corrected chi connectivity index (χ3v) is 3.88. The molecule has 0 radical (unpaired) electrons. The lowest BCUT2D eigenvalue weighted by Crippen LogP contribution is -2.56. The Morgan fingerprint density at radius 2 is 2.42 bits per heavy atom. The molecule has 2 N–H and O–H groups in total. The van der Waals surface area contributed by atoms with E-state index in [-0.39, 0.29) is 5.91 Å². The number of hydrogen-bond donors (Lipinski definition) is 1. The van der Waals surface area contributed by atoms with Crippen LogP contribution in [0.3, 0.4) is 0 Å². The molecule has 0 bridgehead atoms. The number of hydrogen-bond acceptors (Lipinski definition) is 4. The zero-order chi connectivity index (χ0) is 14.0. The largest absolute Gasteiger partial charge is 0.361 e. The second kappa shape index (κ2) is 5.33. The minimum Gasteiger partial charge on any atom is -0.361 e. The maximum absolute atomic E-state index is 12.5. The number of nitrogens with zero attached hydrogens (tertiary/aromatic N) is 2. The van der Waals surface area contributed by atoms with E-state index in [0.29, 0.717) is 12.5 Å². The van der Waals surface area contributed by atoms with E-state index >= 15 is 0 Å². The topological polar surface area (TPSA) is 72.4 Å². The highest BCUT2D eigenvalue weighted by Gasteiger charge is 2.39. The van der Waals surface area contributed by atoms with Crippen LogP contribution in [0.2, 0.25) is 0 Å². The number of aryl methyl sites for hydroxylation is 1. The normalized spacial score (nSPS) is 27.3. The second-order valence-electron chi connectivity index (χ2n) is 5.95. The van der Waals surface area contributed by atoms with Crippen LogP contribution in [0.1, 0.15) is 44.1 Å². The molecule has 5 nitrogen and oxygen atoms in total. The van der Waals surface area contributed by atoms with E-state index in [9.17, 15) is 4.79 Å². The lowest BCUT2D eigenvalue weighted by molar-refractivity contribution is -0.138. The first-order valence-corrected chi connectivity index (χ1v) is 6.87. The van der Waals surface area contributed by atoms with Crippen molar-refractivity contribution in [2.75, 3.05) is 7.05 Å². The summed E-state index contributed by atoms with van der Waals surface area (Å²) < 4.78 is 5.01. The van der Waals surface area contributed by atoms with Gasteiger partial charge in [-0.3, -0.25) is 4.79 Å². The van der Waals surface area contributed by atoms with Crippen molar-refractivity contribution in [3.63, 3.8) is 0 Å². The molecule has 1 heterocycles. The lowest BCUT2D eigenvalue weighted by atomic mass is 9.76. The molecule has 1 amide bonds. The molecule has 0 aliphatic heterocycles. The highest BCUT2D eigenvalue weighted by Crippen LogP contribution is 2.31. The molecule has 2 atom stereocenters. The van der Waals surface area contributed by atoms with E-state index in [1.807, 2.05) is 13.0 Å². The SMILES string of the molecule is Cc1cc(CN(C)C(=O)C2(N)CCCC(C)C2)no1. The summed E-state index contributed by atoms with van der Waals surface area (Å²) in [5.41, 5.74) is 6.38. The fourth-order valence-corrected chi connectivity index (χ4v) is 2.97. The van der Waals surface area contributed by atoms with Crippen LogP contribution in [0.25, 0.3) is 0 Å². The Kier molecular flexibility index (Phi) is 3.94. The van der Waals surface area contributed by atoms with Gasteiger partial charge in [-0.2, -0.15) is 0 Å². The monoisotopic (exact) mass is 265 g/mol. The first kappa shape index (κ1) is 14.1. The third kappa shape index (κ3) is 3.15. The molecular formula is C14H23N3O2. The Morgan fingerprint density at radius 3 is 3.00 bits per heavy atom. The van der Waals surface area contributed by atoms with Crippen LogP contribution in [0, 0.1) is 12.8 Å². The van der Waals surface area contributed by atoms with Crippen molar-refractivity contribution in [1.29, 1.82) is 0 Å². The molecule has 2 unspecified atom stereocenters. The summed E-state index contributed by atoms with van der Waals surface area (Å²) in [6.45, 7) is 4.45. The van der Waals surface area contributed by atoms with Gasteiger partial charge in [-0.1, -0.05) is 24.9 Å². The summed E-state index contributed by atoms with van der Waals surface area (Å²) in [6, 6.07) is 1.84. The molecule has 1 aliphatic rings. The predicted molar refractivity (Wildman–Crippen MR) is 72.3 cm³/mol. The molecule has 1 fully saturated rings. The summed E-state index contributed by atoms with van der Waals surface area (Å²) in [7, 11) is 1.78. The number of carbonyl (C=O) groups is 1. The number of nitrogens with two attached hydrogens (primary N) is 1. The molecule has 1 aliphatic carbocycles. The summed E-state index contributed by atoms with van der Waals surface area (Å²) in [6.07, 6.45) is 3.74. The lowest BCUT2D eigenvalue weighted by Gasteiger charge is -2.37. The van der Waals surface area contributed by atoms with Gasteiger partial charge >= 0.3 is 0 Å². The number of aromatic nitrogens is 1. The van der Waals surface area contributed by atoms with Crippen LogP contribution in [0.15, 0.2) is 10.6 Å². The molecule has 1 saturated carbocycles. The van der Waals surface area contributed by atoms with E-state index in [4.69, 9.17) is 10.3 Å². The Balaban J connectivity index is 2.01. The van der Waals surface area contributed by atoms with Crippen molar-refractivity contribution in [3.8, 4) is 0 Å². The molecule has 0 spiro atoms. The van der Waals surface area contributed by atoms with Gasteiger partial charge in [-0.25, -0.2) is 0 Å². The van der Waals surface area contributed by atoms with E-state index < -0.39 is 5.54 Å². The van der Waals surface area contributed by atoms with Crippen LogP contribution in [0.5, 0.6) is 0 Å². The number of amides is 1.